The summed E-state index contributed by atoms with van der Waals surface area (Å²) in [6, 6.07) is 0. The van der Waals surface area contributed by atoms with E-state index in [2.05, 4.69) is 10.2 Å². The van der Waals surface area contributed by atoms with Crippen LogP contribution in [0.3, 0.4) is 0 Å². The molecule has 2 nitrogen and oxygen atoms in total. The van der Waals surface area contributed by atoms with Crippen molar-refractivity contribution in [2.24, 2.45) is 0 Å². The van der Waals surface area contributed by atoms with Crippen LogP contribution in [0.2, 0.25) is 5.02 Å². The Kier molecular flexibility index (Phi) is 2.78. The molecule has 0 aliphatic heterocycles. The van der Waals surface area contributed by atoms with Gasteiger partial charge >= 0.3 is 0 Å². The first-order valence-electron chi connectivity index (χ1n) is 4.81. The molecule has 1 aromatic rings. The highest BCUT2D eigenvalue weighted by atomic mass is 35.5. The average molecular weight is 233 g/mol. The van der Waals surface area contributed by atoms with Gasteiger partial charge in [-0.2, -0.15) is 5.10 Å². The molecular formula is C10H11ClF2N2. The van der Waals surface area contributed by atoms with Crippen LogP contribution in [-0.2, 0) is 0 Å². The molecule has 2 unspecified atom stereocenters. The zero-order valence-corrected chi connectivity index (χ0v) is 8.98. The number of H-pyrrole nitrogens is 1. The number of rotatable bonds is 1. The van der Waals surface area contributed by atoms with Crippen LogP contribution in [0.5, 0.6) is 0 Å². The molecule has 0 saturated carbocycles. The highest BCUT2D eigenvalue weighted by Crippen LogP contribution is 2.38. The molecule has 15 heavy (non-hydrogen) atoms. The van der Waals surface area contributed by atoms with Crippen LogP contribution >= 0.6 is 11.6 Å². The maximum absolute atomic E-state index is 13.5. The Morgan fingerprint density at radius 2 is 2.27 bits per heavy atom. The minimum Gasteiger partial charge on any atom is -0.281 e. The van der Waals surface area contributed by atoms with Crippen molar-refractivity contribution >= 4 is 11.6 Å². The summed E-state index contributed by atoms with van der Waals surface area (Å²) in [5.74, 6) is -0.961. The molecule has 82 valence electrons. The van der Waals surface area contributed by atoms with Crippen molar-refractivity contribution in [3.63, 3.8) is 0 Å². The zero-order valence-electron chi connectivity index (χ0n) is 8.23. The third-order valence-corrected chi connectivity index (χ3v) is 3.11. The summed E-state index contributed by atoms with van der Waals surface area (Å²) in [7, 11) is 0. The fraction of sp³-hybridized carbons (Fsp3) is 0.500. The average Bonchev–Trinajstić information content (AvgIpc) is 2.49. The van der Waals surface area contributed by atoms with Crippen molar-refractivity contribution in [3.8, 4) is 0 Å². The number of alkyl halides is 1. The fourth-order valence-corrected chi connectivity index (χ4v) is 1.98. The Balaban J connectivity index is 2.32. The number of allylic oxidation sites excluding steroid dienone is 2. The molecule has 5 heteroatoms. The minimum absolute atomic E-state index is 0.320. The van der Waals surface area contributed by atoms with E-state index in [1.54, 1.807) is 6.92 Å². The van der Waals surface area contributed by atoms with Crippen LogP contribution in [0, 0.1) is 6.92 Å². The van der Waals surface area contributed by atoms with Gasteiger partial charge in [0.2, 0.25) is 0 Å². The van der Waals surface area contributed by atoms with Gasteiger partial charge in [0.25, 0.3) is 0 Å². The molecule has 0 amide bonds. The molecule has 1 aliphatic rings. The Morgan fingerprint density at radius 3 is 2.80 bits per heavy atom. The second-order valence-corrected chi connectivity index (χ2v) is 4.12. The number of hydrogen-bond acceptors (Lipinski definition) is 1. The van der Waals surface area contributed by atoms with Crippen molar-refractivity contribution in [1.29, 1.82) is 0 Å². The third-order valence-electron chi connectivity index (χ3n) is 2.63. The van der Waals surface area contributed by atoms with Gasteiger partial charge in [-0.3, -0.25) is 5.10 Å². The van der Waals surface area contributed by atoms with E-state index in [0.29, 0.717) is 29.3 Å². The molecule has 1 N–H and O–H groups in total. The van der Waals surface area contributed by atoms with Gasteiger partial charge in [-0.25, -0.2) is 8.78 Å². The first-order chi connectivity index (χ1) is 7.09. The summed E-state index contributed by atoms with van der Waals surface area (Å²) in [4.78, 5) is 0. The molecule has 1 aromatic heterocycles. The Hall–Kier alpha value is -0.900. The molecule has 0 fully saturated rings. The monoisotopic (exact) mass is 232 g/mol. The van der Waals surface area contributed by atoms with E-state index in [1.165, 1.54) is 0 Å². The van der Waals surface area contributed by atoms with Gasteiger partial charge in [0.1, 0.15) is 12.0 Å². The van der Waals surface area contributed by atoms with E-state index in [0.717, 1.165) is 6.08 Å². The SMILES string of the molecule is Cc1[nH]nc(C2CCC(F)C=C2F)c1Cl. The molecular weight excluding hydrogens is 222 g/mol. The predicted octanol–water partition coefficient (Wildman–Crippen LogP) is 3.44. The molecule has 0 spiro atoms. The highest BCUT2D eigenvalue weighted by molar-refractivity contribution is 6.31. The van der Waals surface area contributed by atoms with Crippen molar-refractivity contribution in [2.45, 2.75) is 31.9 Å². The van der Waals surface area contributed by atoms with Gasteiger partial charge in [0, 0.05) is 0 Å². The molecule has 1 aliphatic carbocycles. The lowest BCUT2D eigenvalue weighted by Gasteiger charge is -2.19. The fourth-order valence-electron chi connectivity index (χ4n) is 1.77. The second-order valence-electron chi connectivity index (χ2n) is 3.75. The Morgan fingerprint density at radius 1 is 1.53 bits per heavy atom. The van der Waals surface area contributed by atoms with E-state index in [1.807, 2.05) is 0 Å². The predicted molar refractivity (Wildman–Crippen MR) is 54.4 cm³/mol. The molecule has 1 heterocycles. The normalized spacial score (nSPS) is 26.5. The maximum Gasteiger partial charge on any atom is 0.121 e. The second kappa shape index (κ2) is 3.93. The summed E-state index contributed by atoms with van der Waals surface area (Å²) in [6.07, 6.45) is 0.558. The number of aromatic amines is 1. The first kappa shape index (κ1) is 10.6. The van der Waals surface area contributed by atoms with Crippen molar-refractivity contribution in [1.82, 2.24) is 10.2 Å². The van der Waals surface area contributed by atoms with Gasteiger partial charge in [0.15, 0.2) is 0 Å². The van der Waals surface area contributed by atoms with Gasteiger partial charge in [-0.1, -0.05) is 11.6 Å². The van der Waals surface area contributed by atoms with Crippen molar-refractivity contribution < 1.29 is 8.78 Å². The zero-order chi connectivity index (χ0) is 11.0. The first-order valence-corrected chi connectivity index (χ1v) is 5.19. The third kappa shape index (κ3) is 1.91. The topological polar surface area (TPSA) is 28.7 Å². The van der Waals surface area contributed by atoms with Crippen LogP contribution in [0.15, 0.2) is 11.9 Å². The molecule has 0 radical (unpaired) electrons. The number of aryl methyl sites for hydroxylation is 1. The van der Waals surface area contributed by atoms with Crippen LogP contribution in [0.4, 0.5) is 8.78 Å². The highest BCUT2D eigenvalue weighted by Gasteiger charge is 2.28. The molecule has 2 rings (SSSR count). The number of aromatic nitrogens is 2. The lowest BCUT2D eigenvalue weighted by Crippen LogP contribution is -2.12. The van der Waals surface area contributed by atoms with E-state index in [-0.39, 0.29) is 0 Å². The number of halogens is 3. The number of nitrogens with zero attached hydrogens (tertiary/aromatic N) is 1. The van der Waals surface area contributed by atoms with Gasteiger partial charge in [-0.05, 0) is 25.8 Å². The smallest absolute Gasteiger partial charge is 0.121 e. The summed E-state index contributed by atoms with van der Waals surface area (Å²) in [5, 5.41) is 7.10. The van der Waals surface area contributed by atoms with Gasteiger partial charge < -0.3 is 0 Å². The summed E-state index contributed by atoms with van der Waals surface area (Å²) < 4.78 is 26.3. The lowest BCUT2D eigenvalue weighted by atomic mass is 9.91. The lowest BCUT2D eigenvalue weighted by molar-refractivity contribution is 0.323. The summed E-state index contributed by atoms with van der Waals surface area (Å²) >= 11 is 5.96. The number of nitrogens with one attached hydrogen (secondary N) is 1. The standard InChI is InChI=1S/C10H11ClF2N2/c1-5-9(11)10(15-14-5)7-3-2-6(12)4-8(7)13/h4,6-7H,2-3H2,1H3,(H,14,15). The van der Waals surface area contributed by atoms with Crippen molar-refractivity contribution in [2.75, 3.05) is 0 Å². The minimum atomic E-state index is -1.18. The van der Waals surface area contributed by atoms with Crippen molar-refractivity contribution in [3.05, 3.63) is 28.3 Å². The molecule has 2 atom stereocenters. The molecule has 0 bridgehead atoms. The summed E-state index contributed by atoms with van der Waals surface area (Å²) in [6.45, 7) is 1.77. The Labute approximate surface area is 91.3 Å². The van der Waals surface area contributed by atoms with E-state index < -0.39 is 17.9 Å². The van der Waals surface area contributed by atoms with Crippen LogP contribution < -0.4 is 0 Å². The van der Waals surface area contributed by atoms with E-state index in [9.17, 15) is 8.78 Å². The van der Waals surface area contributed by atoms with E-state index >= 15 is 0 Å². The molecule has 0 saturated heterocycles. The van der Waals surface area contributed by atoms with E-state index in [4.69, 9.17) is 11.6 Å². The van der Waals surface area contributed by atoms with Gasteiger partial charge in [-0.15, -0.1) is 0 Å². The Bertz CT molecular complexity index is 400. The van der Waals surface area contributed by atoms with Gasteiger partial charge in [0.05, 0.1) is 22.3 Å². The molecule has 0 aromatic carbocycles. The quantitative estimate of drug-likeness (QED) is 0.790. The summed E-state index contributed by atoms with van der Waals surface area (Å²) in [5.41, 5.74) is 1.19. The maximum atomic E-state index is 13.5. The number of hydrogen-bond donors (Lipinski definition) is 1. The van der Waals surface area contributed by atoms with Crippen LogP contribution in [0.1, 0.15) is 30.1 Å². The largest absolute Gasteiger partial charge is 0.281 e. The van der Waals surface area contributed by atoms with Crippen LogP contribution in [0.25, 0.3) is 0 Å². The van der Waals surface area contributed by atoms with Crippen LogP contribution in [-0.4, -0.2) is 16.4 Å².